The molecule has 25 heteroatoms. The lowest BCUT2D eigenvalue weighted by Gasteiger charge is -2.43. The highest BCUT2D eigenvalue weighted by Crippen LogP contribution is 2.31. The number of likely N-dealkylation sites (tertiary alicyclic amines) is 1. The van der Waals surface area contributed by atoms with E-state index in [2.05, 4.69) is 24.5 Å². The van der Waals surface area contributed by atoms with Crippen molar-refractivity contribution in [1.82, 2.24) is 30.4 Å². The highest BCUT2D eigenvalue weighted by Gasteiger charge is 2.45. The Morgan fingerprint density at radius 2 is 1.35 bits per heavy atom. The number of carboxylic acid groups (broad SMARTS) is 2. The van der Waals surface area contributed by atoms with E-state index in [1.165, 1.54) is 5.06 Å². The molecule has 5 amide bonds. The van der Waals surface area contributed by atoms with Crippen LogP contribution in [0.3, 0.4) is 0 Å². The van der Waals surface area contributed by atoms with Crippen molar-refractivity contribution in [3.8, 4) is 0 Å². The number of amides is 5. The lowest BCUT2D eigenvalue weighted by molar-refractivity contribution is -0.199. The molecule has 0 radical (unpaired) electrons. The zero-order valence-corrected chi connectivity index (χ0v) is 44.3. The number of halogens is 6. The molecule has 6 N–H and O–H groups in total. The lowest BCUT2D eigenvalue weighted by Crippen LogP contribution is -2.60. The average molecular weight is 1070 g/mol. The summed E-state index contributed by atoms with van der Waals surface area (Å²) in [6.45, 7) is 16.0. The summed E-state index contributed by atoms with van der Waals surface area (Å²) >= 11 is 0. The molecule has 0 bridgehead atoms. The standard InChI is InChI=1S/C45H77N7O8.2C2HF3O2/c1-12-31(6)40(50(9)39(30(4)5)44(56)48-43(55)38(29(2)3)49(8)25-22-46)36(58-10)28-37(53)51-23-18-21-35(51)41(59-11)32(7)42(54)47-34(27-33-19-14-13-15-20-33)45(57)52-24-16-17-26-60-52;2*3-2(4,5)1(6)7/h13-15,19-20,29-32,34-36,38-41H,12,16-18,21-28,46H2,1-11H3,(H,47,54)(H,48,55,56);2*(H,6,7)/t31-,32+,34-,35-,36+,38-,39-,40-,41+;;/m0../s1. The lowest BCUT2D eigenvalue weighted by atomic mass is 9.87. The van der Waals surface area contributed by atoms with Crippen LogP contribution in [0.5, 0.6) is 0 Å². The molecular formula is C49H79F6N7O12. The molecule has 0 aromatic heterocycles. The minimum atomic E-state index is -5.08. The maximum absolute atomic E-state index is 14.4. The van der Waals surface area contributed by atoms with E-state index in [0.29, 0.717) is 45.6 Å². The molecular weight excluding hydrogens is 993 g/mol. The summed E-state index contributed by atoms with van der Waals surface area (Å²) < 4.78 is 75.6. The van der Waals surface area contributed by atoms with E-state index in [1.54, 1.807) is 26.0 Å². The monoisotopic (exact) mass is 1070 g/mol. The summed E-state index contributed by atoms with van der Waals surface area (Å²) in [6, 6.07) is 6.75. The van der Waals surface area contributed by atoms with E-state index in [-0.39, 0.29) is 59.9 Å². The van der Waals surface area contributed by atoms with Gasteiger partial charge in [-0.3, -0.25) is 43.9 Å². The van der Waals surface area contributed by atoms with Gasteiger partial charge in [-0.1, -0.05) is 85.2 Å². The number of rotatable bonds is 23. The van der Waals surface area contributed by atoms with Gasteiger partial charge in [-0.05, 0) is 63.1 Å². The van der Waals surface area contributed by atoms with Crippen LogP contribution in [0.15, 0.2) is 30.3 Å². The van der Waals surface area contributed by atoms with Gasteiger partial charge in [0.05, 0.1) is 49.3 Å². The van der Waals surface area contributed by atoms with E-state index < -0.39 is 66.4 Å². The molecule has 0 aliphatic carbocycles. The second-order valence-corrected chi connectivity index (χ2v) is 19.1. The van der Waals surface area contributed by atoms with E-state index in [0.717, 1.165) is 31.2 Å². The number of methoxy groups -OCH3 is 2. The normalized spacial score (nSPS) is 18.4. The Morgan fingerprint density at radius 1 is 0.811 bits per heavy atom. The highest BCUT2D eigenvalue weighted by molar-refractivity contribution is 6.00. The van der Waals surface area contributed by atoms with Crippen LogP contribution in [0.2, 0.25) is 0 Å². The van der Waals surface area contributed by atoms with Crippen molar-refractivity contribution < 1.29 is 84.4 Å². The van der Waals surface area contributed by atoms with Crippen molar-refractivity contribution in [2.24, 2.45) is 29.4 Å². The van der Waals surface area contributed by atoms with Gasteiger partial charge in [0.25, 0.3) is 5.91 Å². The molecule has 19 nitrogen and oxygen atoms in total. The van der Waals surface area contributed by atoms with Crippen LogP contribution in [0.25, 0.3) is 0 Å². The molecule has 2 fully saturated rings. The molecule has 0 unspecified atom stereocenters. The molecule has 1 aromatic rings. The first-order chi connectivity index (χ1) is 34.4. The van der Waals surface area contributed by atoms with Gasteiger partial charge in [-0.2, -0.15) is 26.3 Å². The fraction of sp³-hybridized carbons (Fsp3) is 0.735. The van der Waals surface area contributed by atoms with Gasteiger partial charge in [0.1, 0.15) is 6.04 Å². The second kappa shape index (κ2) is 31.8. The highest BCUT2D eigenvalue weighted by atomic mass is 19.4. The first kappa shape index (κ1) is 67.1. The minimum absolute atomic E-state index is 0.0169. The van der Waals surface area contributed by atoms with Gasteiger partial charge in [0.2, 0.25) is 23.6 Å². The molecule has 74 heavy (non-hydrogen) atoms. The summed E-state index contributed by atoms with van der Waals surface area (Å²) in [5.74, 6) is -7.96. The van der Waals surface area contributed by atoms with Gasteiger partial charge in [0.15, 0.2) is 0 Å². The van der Waals surface area contributed by atoms with Gasteiger partial charge < -0.3 is 35.6 Å². The summed E-state index contributed by atoms with van der Waals surface area (Å²) in [5, 5.41) is 21.3. The molecule has 9 atom stereocenters. The number of carbonyl (C=O) groups excluding carboxylic acids is 5. The van der Waals surface area contributed by atoms with Crippen LogP contribution in [0.1, 0.15) is 92.6 Å². The Hall–Kier alpha value is -4.95. The topological polar surface area (TPSA) is 251 Å². The molecule has 0 spiro atoms. The van der Waals surface area contributed by atoms with Crippen molar-refractivity contribution in [3.05, 3.63) is 35.9 Å². The summed E-state index contributed by atoms with van der Waals surface area (Å²) in [7, 11) is 6.84. The van der Waals surface area contributed by atoms with E-state index in [9.17, 15) is 50.3 Å². The van der Waals surface area contributed by atoms with Crippen LogP contribution < -0.4 is 16.4 Å². The number of nitrogens with zero attached hydrogens (tertiary/aromatic N) is 4. The minimum Gasteiger partial charge on any atom is -0.475 e. The SMILES string of the molecule is CC[C@H](C)[C@@H]([C@@H](CC(=O)N1CCC[C@H]1[C@H](OC)[C@@H](C)C(=O)N[C@@H](Cc1ccccc1)C(=O)N1CCCCO1)OC)N(C)[C@H](C(=O)NC(=O)[C@H](C(C)C)N(C)CCN)C(C)C.O=C(O)C(F)(F)F.O=C(O)C(F)(F)F. The van der Waals surface area contributed by atoms with Crippen LogP contribution in [0.4, 0.5) is 26.3 Å². The summed E-state index contributed by atoms with van der Waals surface area (Å²) in [6.07, 6.45) is -7.23. The predicted octanol–water partition coefficient (Wildman–Crippen LogP) is 4.51. The number of benzene rings is 1. The molecule has 2 aliphatic rings. The maximum atomic E-state index is 14.4. The number of likely N-dealkylation sites (N-methyl/N-ethyl adjacent to an activating group) is 2. The number of hydrogen-bond acceptors (Lipinski definition) is 13. The number of hydrogen-bond donors (Lipinski definition) is 5. The molecule has 3 rings (SSSR count). The zero-order valence-electron chi connectivity index (χ0n) is 44.3. The number of imide groups is 1. The molecule has 0 saturated carbocycles. The largest absolute Gasteiger partial charge is 0.490 e. The molecule has 2 saturated heterocycles. The van der Waals surface area contributed by atoms with Crippen LogP contribution in [-0.4, -0.2) is 187 Å². The fourth-order valence-corrected chi connectivity index (χ4v) is 9.26. The number of alkyl halides is 6. The maximum Gasteiger partial charge on any atom is 0.490 e. The molecule has 424 valence electrons. The van der Waals surface area contributed by atoms with Crippen molar-refractivity contribution in [1.29, 1.82) is 0 Å². The first-order valence-corrected chi connectivity index (χ1v) is 24.6. The Balaban J connectivity index is 0.00000170. The van der Waals surface area contributed by atoms with Crippen LogP contribution in [-0.2, 0) is 54.3 Å². The second-order valence-electron chi connectivity index (χ2n) is 19.1. The predicted molar refractivity (Wildman–Crippen MR) is 260 cm³/mol. The van der Waals surface area contributed by atoms with Crippen LogP contribution in [0, 0.1) is 23.7 Å². The number of ether oxygens (including phenoxy) is 2. The Morgan fingerprint density at radius 3 is 1.80 bits per heavy atom. The number of hydroxylamine groups is 2. The van der Waals surface area contributed by atoms with Gasteiger partial charge in [-0.25, -0.2) is 14.7 Å². The van der Waals surface area contributed by atoms with Crippen molar-refractivity contribution in [2.45, 2.75) is 148 Å². The smallest absolute Gasteiger partial charge is 0.475 e. The number of aliphatic carboxylic acids is 2. The van der Waals surface area contributed by atoms with Gasteiger partial charge in [0, 0.05) is 52.9 Å². The van der Waals surface area contributed by atoms with E-state index >= 15 is 0 Å². The van der Waals surface area contributed by atoms with Crippen LogP contribution >= 0.6 is 0 Å². The third-order valence-corrected chi connectivity index (χ3v) is 13.0. The summed E-state index contributed by atoms with van der Waals surface area (Å²) in [5.41, 5.74) is 6.69. The number of nitrogens with two attached hydrogens (primary N) is 1. The van der Waals surface area contributed by atoms with Gasteiger partial charge >= 0.3 is 24.3 Å². The van der Waals surface area contributed by atoms with Crippen molar-refractivity contribution >= 4 is 41.5 Å². The Labute approximate surface area is 430 Å². The van der Waals surface area contributed by atoms with Gasteiger partial charge in [-0.15, -0.1) is 0 Å². The Bertz CT molecular complexity index is 1900. The Kier molecular flexibility index (Phi) is 28.8. The third kappa shape index (κ3) is 21.0. The van der Waals surface area contributed by atoms with E-state index in [4.69, 9.17) is 39.8 Å². The third-order valence-electron chi connectivity index (χ3n) is 13.0. The number of carbonyl (C=O) groups is 7. The quantitative estimate of drug-likeness (QED) is 0.0947. The molecule has 2 aliphatic heterocycles. The first-order valence-electron chi connectivity index (χ1n) is 24.6. The molecule has 1 aromatic carbocycles. The van der Waals surface area contributed by atoms with Crippen molar-refractivity contribution in [3.63, 3.8) is 0 Å². The fourth-order valence-electron chi connectivity index (χ4n) is 9.26. The van der Waals surface area contributed by atoms with E-state index in [1.807, 2.05) is 81.9 Å². The van der Waals surface area contributed by atoms with Crippen molar-refractivity contribution in [2.75, 3.05) is 61.1 Å². The summed E-state index contributed by atoms with van der Waals surface area (Å²) in [4.78, 5) is 98.9. The number of carboxylic acids is 2. The molecule has 2 heterocycles. The number of nitrogens with one attached hydrogen (secondary N) is 2. The zero-order chi connectivity index (χ0) is 56.8. The average Bonchev–Trinajstić information content (AvgIpc) is 3.81.